The summed E-state index contributed by atoms with van der Waals surface area (Å²) >= 11 is 1.59. The van der Waals surface area contributed by atoms with Gasteiger partial charge >= 0.3 is 0 Å². The number of carbonyl (C=O) groups is 2. The summed E-state index contributed by atoms with van der Waals surface area (Å²) in [6.45, 7) is 3.65. The molecule has 1 fully saturated rings. The zero-order valence-corrected chi connectivity index (χ0v) is 19.4. The van der Waals surface area contributed by atoms with Crippen molar-refractivity contribution in [1.29, 1.82) is 0 Å². The molecule has 1 aromatic carbocycles. The van der Waals surface area contributed by atoms with Crippen molar-refractivity contribution in [2.24, 2.45) is 0 Å². The second-order valence-corrected chi connectivity index (χ2v) is 9.20. The molecule has 1 unspecified atom stereocenters. The summed E-state index contributed by atoms with van der Waals surface area (Å²) in [7, 11) is 0. The van der Waals surface area contributed by atoms with Gasteiger partial charge in [-0.2, -0.15) is 0 Å². The van der Waals surface area contributed by atoms with Crippen LogP contribution in [0.4, 0.5) is 4.39 Å². The third kappa shape index (κ3) is 6.09. The van der Waals surface area contributed by atoms with E-state index in [1.807, 2.05) is 18.4 Å². The first-order valence-corrected chi connectivity index (χ1v) is 11.9. The maximum absolute atomic E-state index is 13.5. The van der Waals surface area contributed by atoms with Gasteiger partial charge in [-0.15, -0.1) is 11.3 Å². The average molecular weight is 471 g/mol. The molecule has 3 heterocycles. The highest BCUT2D eigenvalue weighted by molar-refractivity contribution is 7.10. The highest BCUT2D eigenvalue weighted by Crippen LogP contribution is 2.21. The fourth-order valence-electron chi connectivity index (χ4n) is 3.85. The van der Waals surface area contributed by atoms with E-state index in [4.69, 9.17) is 9.15 Å². The van der Waals surface area contributed by atoms with Crippen LogP contribution in [0.1, 0.15) is 39.4 Å². The monoisotopic (exact) mass is 470 g/mol. The highest BCUT2D eigenvalue weighted by Gasteiger charge is 2.28. The third-order valence-corrected chi connectivity index (χ3v) is 6.74. The average Bonchev–Trinajstić information content (AvgIpc) is 3.58. The maximum Gasteiger partial charge on any atom is 0.290 e. The van der Waals surface area contributed by atoms with Crippen LogP contribution in [-0.2, 0) is 22.6 Å². The molecule has 0 spiro atoms. The number of hydrogen-bond acceptors (Lipinski definition) is 5. The van der Waals surface area contributed by atoms with E-state index < -0.39 is 0 Å². The van der Waals surface area contributed by atoms with E-state index in [0.717, 1.165) is 28.8 Å². The summed E-state index contributed by atoms with van der Waals surface area (Å²) in [5, 5.41) is 2.00. The maximum atomic E-state index is 13.5. The lowest BCUT2D eigenvalue weighted by Crippen LogP contribution is -2.45. The van der Waals surface area contributed by atoms with E-state index in [0.29, 0.717) is 26.2 Å². The minimum Gasteiger partial charge on any atom is -0.459 e. The van der Waals surface area contributed by atoms with Crippen LogP contribution < -0.4 is 0 Å². The summed E-state index contributed by atoms with van der Waals surface area (Å²) in [6.07, 6.45) is 3.14. The Kier molecular flexibility index (Phi) is 7.57. The summed E-state index contributed by atoms with van der Waals surface area (Å²) in [5.41, 5.74) is 1.93. The number of amides is 2. The molecular weight excluding hydrogens is 443 g/mol. The Hall–Kier alpha value is -2.97. The van der Waals surface area contributed by atoms with Crippen molar-refractivity contribution in [1.82, 2.24) is 9.80 Å². The van der Waals surface area contributed by atoms with Crippen LogP contribution in [0.3, 0.4) is 0 Å². The van der Waals surface area contributed by atoms with Crippen molar-refractivity contribution in [3.63, 3.8) is 0 Å². The van der Waals surface area contributed by atoms with Gasteiger partial charge in [-0.05, 0) is 66.6 Å². The molecule has 4 rings (SSSR count). The summed E-state index contributed by atoms with van der Waals surface area (Å²) < 4.78 is 24.4. The number of thiophene rings is 1. The summed E-state index contributed by atoms with van der Waals surface area (Å²) in [6, 6.07) is 11.4. The first kappa shape index (κ1) is 23.2. The molecule has 1 aliphatic rings. The normalized spacial score (nSPS) is 15.5. The fraction of sp³-hybridized carbons (Fsp3) is 0.360. The van der Waals surface area contributed by atoms with Crippen LogP contribution in [0.5, 0.6) is 0 Å². The van der Waals surface area contributed by atoms with E-state index in [1.54, 1.807) is 40.5 Å². The second kappa shape index (κ2) is 10.8. The van der Waals surface area contributed by atoms with E-state index in [2.05, 4.69) is 0 Å². The molecule has 0 saturated carbocycles. The van der Waals surface area contributed by atoms with Gasteiger partial charge in [0.1, 0.15) is 12.4 Å². The number of rotatable bonds is 9. The Morgan fingerprint density at radius 2 is 1.94 bits per heavy atom. The van der Waals surface area contributed by atoms with Crippen LogP contribution >= 0.6 is 11.3 Å². The Morgan fingerprint density at radius 1 is 1.12 bits per heavy atom. The molecule has 1 aliphatic heterocycles. The number of benzene rings is 1. The number of halogens is 1. The van der Waals surface area contributed by atoms with Crippen LogP contribution in [0.15, 0.2) is 58.5 Å². The van der Waals surface area contributed by atoms with Crippen LogP contribution in [0, 0.1) is 12.7 Å². The SMILES string of the molecule is Cc1ccsc1CN(Cc1ccc(F)cc1)C(=O)CN(CC1CCCO1)C(=O)c1ccco1. The van der Waals surface area contributed by atoms with Gasteiger partial charge < -0.3 is 19.0 Å². The number of ether oxygens (including phenoxy) is 1. The van der Waals surface area contributed by atoms with Crippen molar-refractivity contribution in [2.75, 3.05) is 19.7 Å². The molecule has 2 amide bonds. The predicted octanol–water partition coefficient (Wildman–Crippen LogP) is 4.64. The van der Waals surface area contributed by atoms with Crippen molar-refractivity contribution in [3.8, 4) is 0 Å². The molecule has 0 radical (unpaired) electrons. The summed E-state index contributed by atoms with van der Waals surface area (Å²) in [4.78, 5) is 30.9. The first-order valence-electron chi connectivity index (χ1n) is 11.0. The van der Waals surface area contributed by atoms with Crippen molar-refractivity contribution >= 4 is 23.2 Å². The van der Waals surface area contributed by atoms with Gasteiger partial charge in [-0.3, -0.25) is 9.59 Å². The Bertz CT molecular complexity index is 1060. The van der Waals surface area contributed by atoms with E-state index in [9.17, 15) is 14.0 Å². The Labute approximate surface area is 196 Å². The molecule has 6 nitrogen and oxygen atoms in total. The smallest absolute Gasteiger partial charge is 0.290 e. The van der Waals surface area contributed by atoms with Gasteiger partial charge in [-0.1, -0.05) is 12.1 Å². The number of nitrogens with zero attached hydrogens (tertiary/aromatic N) is 2. The molecule has 2 aromatic heterocycles. The molecule has 0 N–H and O–H groups in total. The number of furan rings is 1. The van der Waals surface area contributed by atoms with Gasteiger partial charge in [0.2, 0.25) is 5.91 Å². The van der Waals surface area contributed by atoms with Gasteiger partial charge in [-0.25, -0.2) is 4.39 Å². The first-order chi connectivity index (χ1) is 16.0. The molecule has 8 heteroatoms. The van der Waals surface area contributed by atoms with Crippen molar-refractivity contribution in [3.05, 3.63) is 81.7 Å². The molecular formula is C25H27FN2O4S. The van der Waals surface area contributed by atoms with Gasteiger partial charge in [0.15, 0.2) is 5.76 Å². The van der Waals surface area contributed by atoms with Gasteiger partial charge in [0.25, 0.3) is 5.91 Å². The molecule has 3 aromatic rings. The predicted molar refractivity (Wildman–Crippen MR) is 123 cm³/mol. The van der Waals surface area contributed by atoms with Gasteiger partial charge in [0, 0.05) is 24.6 Å². The molecule has 174 valence electrons. The molecule has 0 bridgehead atoms. The van der Waals surface area contributed by atoms with Crippen molar-refractivity contribution < 1.29 is 23.1 Å². The Morgan fingerprint density at radius 3 is 2.58 bits per heavy atom. The van der Waals surface area contributed by atoms with Crippen LogP contribution in [0.25, 0.3) is 0 Å². The zero-order chi connectivity index (χ0) is 23.2. The minimum atomic E-state index is -0.335. The molecule has 0 aliphatic carbocycles. The minimum absolute atomic E-state index is 0.0923. The Balaban J connectivity index is 1.54. The second-order valence-electron chi connectivity index (χ2n) is 8.20. The van der Waals surface area contributed by atoms with Crippen molar-refractivity contribution in [2.45, 2.75) is 39.0 Å². The number of aryl methyl sites for hydroxylation is 1. The lowest BCUT2D eigenvalue weighted by molar-refractivity contribution is -0.133. The topological polar surface area (TPSA) is 63.0 Å². The molecule has 1 atom stereocenters. The fourth-order valence-corrected chi connectivity index (χ4v) is 4.78. The van der Waals surface area contributed by atoms with Crippen LogP contribution in [-0.4, -0.2) is 47.4 Å². The molecule has 1 saturated heterocycles. The lowest BCUT2D eigenvalue weighted by Gasteiger charge is -2.28. The quantitative estimate of drug-likeness (QED) is 0.457. The van der Waals surface area contributed by atoms with E-state index >= 15 is 0 Å². The number of carbonyl (C=O) groups excluding carboxylic acids is 2. The lowest BCUT2D eigenvalue weighted by atomic mass is 10.2. The van der Waals surface area contributed by atoms with Gasteiger partial charge in [0.05, 0.1) is 18.9 Å². The van der Waals surface area contributed by atoms with E-state index in [1.165, 1.54) is 23.3 Å². The third-order valence-electron chi connectivity index (χ3n) is 5.74. The standard InChI is InChI=1S/C25H27FN2O4S/c1-18-10-13-33-23(18)16-27(14-19-6-8-20(26)9-7-19)24(29)17-28(15-21-4-2-11-31-21)25(30)22-5-3-12-32-22/h3,5-10,12-13,21H,2,4,11,14-17H2,1H3. The number of hydrogen-bond donors (Lipinski definition) is 0. The molecule has 33 heavy (non-hydrogen) atoms. The largest absolute Gasteiger partial charge is 0.459 e. The van der Waals surface area contributed by atoms with Crippen LogP contribution in [0.2, 0.25) is 0 Å². The summed E-state index contributed by atoms with van der Waals surface area (Å²) in [5.74, 6) is -0.652. The zero-order valence-electron chi connectivity index (χ0n) is 18.5. The highest BCUT2D eigenvalue weighted by atomic mass is 32.1. The van der Waals surface area contributed by atoms with E-state index in [-0.39, 0.29) is 36.0 Å².